The number of amides is 1. The van der Waals surface area contributed by atoms with Crippen molar-refractivity contribution in [2.45, 2.75) is 6.92 Å². The third kappa shape index (κ3) is 2.96. The summed E-state index contributed by atoms with van der Waals surface area (Å²) in [7, 11) is 0. The van der Waals surface area contributed by atoms with Gasteiger partial charge < -0.3 is 0 Å². The summed E-state index contributed by atoms with van der Waals surface area (Å²) in [5.74, 6) is -0.508. The van der Waals surface area contributed by atoms with Crippen molar-refractivity contribution in [2.24, 2.45) is 0 Å². The molecular formula is C17H12FNOS2. The molecule has 0 saturated carbocycles. The summed E-state index contributed by atoms with van der Waals surface area (Å²) in [6.07, 6.45) is 1.66. The minimum absolute atomic E-state index is 0.178. The van der Waals surface area contributed by atoms with Gasteiger partial charge in [0.1, 0.15) is 5.82 Å². The summed E-state index contributed by atoms with van der Waals surface area (Å²) in [5, 5.41) is 0. The molecule has 1 fully saturated rings. The standard InChI is InChI=1S/C17H12FNOS2/c1-11-5-7-14(8-6-11)19-16(20)15(22-17(19)21)10-12-3-2-4-13(18)9-12/h2-10H,1H3/b15-10-. The number of thiocarbonyl (C=S) groups is 1. The Hall–Kier alpha value is -1.98. The molecule has 1 aliphatic rings. The normalized spacial score (nSPS) is 16.6. The minimum Gasteiger partial charge on any atom is -0.268 e. The maximum absolute atomic E-state index is 13.2. The zero-order valence-corrected chi connectivity index (χ0v) is 13.4. The van der Waals surface area contributed by atoms with Crippen molar-refractivity contribution < 1.29 is 9.18 Å². The Morgan fingerprint density at radius 2 is 1.91 bits per heavy atom. The third-order valence-electron chi connectivity index (χ3n) is 3.23. The van der Waals surface area contributed by atoms with Gasteiger partial charge in [0.2, 0.25) is 0 Å². The molecule has 1 aliphatic heterocycles. The number of carbonyl (C=O) groups excluding carboxylic acids is 1. The van der Waals surface area contributed by atoms with Crippen LogP contribution in [0.4, 0.5) is 10.1 Å². The van der Waals surface area contributed by atoms with Gasteiger partial charge in [0.25, 0.3) is 5.91 Å². The fourth-order valence-corrected chi connectivity index (χ4v) is 3.43. The van der Waals surface area contributed by atoms with Crippen LogP contribution in [0.1, 0.15) is 11.1 Å². The smallest absolute Gasteiger partial charge is 0.268 e. The van der Waals surface area contributed by atoms with E-state index < -0.39 is 0 Å². The second kappa shape index (κ2) is 6.02. The molecule has 0 N–H and O–H groups in total. The summed E-state index contributed by atoms with van der Waals surface area (Å²) in [5.41, 5.74) is 2.50. The van der Waals surface area contributed by atoms with Crippen LogP contribution in [0.3, 0.4) is 0 Å². The molecule has 2 aromatic rings. The van der Waals surface area contributed by atoms with Crippen molar-refractivity contribution in [1.29, 1.82) is 0 Å². The van der Waals surface area contributed by atoms with Gasteiger partial charge in [-0.2, -0.15) is 0 Å². The molecule has 22 heavy (non-hydrogen) atoms. The van der Waals surface area contributed by atoms with Crippen LogP contribution in [0, 0.1) is 12.7 Å². The predicted molar refractivity (Wildman–Crippen MR) is 93.2 cm³/mol. The molecule has 1 amide bonds. The summed E-state index contributed by atoms with van der Waals surface area (Å²) >= 11 is 6.53. The highest BCUT2D eigenvalue weighted by atomic mass is 32.2. The first-order chi connectivity index (χ1) is 10.5. The average molecular weight is 329 g/mol. The van der Waals surface area contributed by atoms with Gasteiger partial charge in [0, 0.05) is 0 Å². The molecular weight excluding hydrogens is 317 g/mol. The third-order valence-corrected chi connectivity index (χ3v) is 4.53. The molecule has 0 radical (unpaired) electrons. The molecule has 0 bridgehead atoms. The lowest BCUT2D eigenvalue weighted by Gasteiger charge is -2.14. The van der Waals surface area contributed by atoms with E-state index in [1.54, 1.807) is 18.2 Å². The van der Waals surface area contributed by atoms with Crippen LogP contribution in [0.15, 0.2) is 53.4 Å². The van der Waals surface area contributed by atoms with Gasteiger partial charge in [-0.3, -0.25) is 9.69 Å². The number of anilines is 1. The molecule has 1 heterocycles. The number of benzene rings is 2. The van der Waals surface area contributed by atoms with Crippen molar-refractivity contribution in [2.75, 3.05) is 4.90 Å². The maximum Gasteiger partial charge on any atom is 0.270 e. The lowest BCUT2D eigenvalue weighted by molar-refractivity contribution is -0.113. The van der Waals surface area contributed by atoms with Crippen molar-refractivity contribution in [3.8, 4) is 0 Å². The number of rotatable bonds is 2. The Bertz CT molecular complexity index is 784. The van der Waals surface area contributed by atoms with E-state index in [-0.39, 0.29) is 11.7 Å². The van der Waals surface area contributed by atoms with E-state index >= 15 is 0 Å². The van der Waals surface area contributed by atoms with Crippen molar-refractivity contribution >= 4 is 46.0 Å². The first kappa shape index (κ1) is 14.9. The van der Waals surface area contributed by atoms with Crippen LogP contribution >= 0.6 is 24.0 Å². The second-order valence-corrected chi connectivity index (χ2v) is 6.58. The lowest BCUT2D eigenvalue weighted by Crippen LogP contribution is -2.27. The second-order valence-electron chi connectivity index (χ2n) is 4.91. The topological polar surface area (TPSA) is 20.3 Å². The van der Waals surface area contributed by atoms with Gasteiger partial charge in [-0.05, 0) is 42.8 Å². The van der Waals surface area contributed by atoms with E-state index in [1.807, 2.05) is 31.2 Å². The fraction of sp³-hybridized carbons (Fsp3) is 0.0588. The molecule has 2 aromatic carbocycles. The Morgan fingerprint density at radius 3 is 2.59 bits per heavy atom. The van der Waals surface area contributed by atoms with E-state index in [0.29, 0.717) is 14.8 Å². The van der Waals surface area contributed by atoms with E-state index in [9.17, 15) is 9.18 Å². The zero-order chi connectivity index (χ0) is 15.7. The summed E-state index contributed by atoms with van der Waals surface area (Å²) in [4.78, 5) is 14.5. The van der Waals surface area contributed by atoms with Crippen molar-refractivity contribution in [3.05, 3.63) is 70.4 Å². The Labute approximate surface area is 137 Å². The van der Waals surface area contributed by atoms with Crippen LogP contribution in [0.5, 0.6) is 0 Å². The number of hydrogen-bond donors (Lipinski definition) is 0. The molecule has 3 rings (SSSR count). The van der Waals surface area contributed by atoms with Gasteiger partial charge in [-0.25, -0.2) is 4.39 Å². The first-order valence-electron chi connectivity index (χ1n) is 6.65. The summed E-state index contributed by atoms with van der Waals surface area (Å²) < 4.78 is 13.7. The largest absolute Gasteiger partial charge is 0.270 e. The number of carbonyl (C=O) groups is 1. The molecule has 0 spiro atoms. The van der Waals surface area contributed by atoms with Gasteiger partial charge in [0.05, 0.1) is 10.6 Å². The Balaban J connectivity index is 1.93. The zero-order valence-electron chi connectivity index (χ0n) is 11.7. The number of hydrogen-bond acceptors (Lipinski definition) is 3. The quantitative estimate of drug-likeness (QED) is 0.596. The van der Waals surface area contributed by atoms with E-state index in [2.05, 4.69) is 0 Å². The van der Waals surface area contributed by atoms with Gasteiger partial charge in [-0.15, -0.1) is 0 Å². The lowest BCUT2D eigenvalue weighted by atomic mass is 10.2. The van der Waals surface area contributed by atoms with Gasteiger partial charge in [0.15, 0.2) is 4.32 Å². The Morgan fingerprint density at radius 1 is 1.18 bits per heavy atom. The number of halogens is 1. The molecule has 5 heteroatoms. The molecule has 2 nitrogen and oxygen atoms in total. The summed E-state index contributed by atoms with van der Waals surface area (Å²) in [6.45, 7) is 1.98. The monoisotopic (exact) mass is 329 g/mol. The molecule has 0 atom stereocenters. The minimum atomic E-state index is -0.331. The summed E-state index contributed by atoms with van der Waals surface area (Å²) in [6, 6.07) is 13.7. The molecule has 110 valence electrons. The van der Waals surface area contributed by atoms with E-state index in [1.165, 1.54) is 28.8 Å². The van der Waals surface area contributed by atoms with Crippen LogP contribution in [-0.2, 0) is 4.79 Å². The highest BCUT2D eigenvalue weighted by Crippen LogP contribution is 2.36. The van der Waals surface area contributed by atoms with Crippen molar-refractivity contribution in [3.63, 3.8) is 0 Å². The van der Waals surface area contributed by atoms with Gasteiger partial charge >= 0.3 is 0 Å². The SMILES string of the molecule is Cc1ccc(N2C(=O)/C(=C/c3cccc(F)c3)SC2=S)cc1. The maximum atomic E-state index is 13.2. The van der Waals surface area contributed by atoms with Gasteiger partial charge in [-0.1, -0.05) is 53.8 Å². The fourth-order valence-electron chi connectivity index (χ4n) is 2.13. The highest BCUT2D eigenvalue weighted by Gasteiger charge is 2.33. The average Bonchev–Trinajstić information content (AvgIpc) is 2.75. The first-order valence-corrected chi connectivity index (χ1v) is 7.87. The number of nitrogens with zero attached hydrogens (tertiary/aromatic N) is 1. The highest BCUT2D eigenvalue weighted by molar-refractivity contribution is 8.27. The predicted octanol–water partition coefficient (Wildman–Crippen LogP) is 4.54. The van der Waals surface area contributed by atoms with Crippen molar-refractivity contribution in [1.82, 2.24) is 0 Å². The van der Waals surface area contributed by atoms with E-state index in [4.69, 9.17) is 12.2 Å². The van der Waals surface area contributed by atoms with E-state index in [0.717, 1.165) is 11.3 Å². The van der Waals surface area contributed by atoms with Crippen LogP contribution in [-0.4, -0.2) is 10.2 Å². The number of thioether (sulfide) groups is 1. The number of aryl methyl sites for hydroxylation is 1. The van der Waals surface area contributed by atoms with Crippen LogP contribution < -0.4 is 4.90 Å². The molecule has 0 aromatic heterocycles. The molecule has 0 aliphatic carbocycles. The molecule has 0 unspecified atom stereocenters. The molecule has 1 saturated heterocycles. The van der Waals surface area contributed by atoms with Crippen LogP contribution in [0.2, 0.25) is 0 Å². The Kier molecular flexibility index (Phi) is 4.09. The van der Waals surface area contributed by atoms with Crippen LogP contribution in [0.25, 0.3) is 6.08 Å².